The van der Waals surface area contributed by atoms with Crippen molar-refractivity contribution < 1.29 is 9.18 Å². The smallest absolute Gasteiger partial charge is 0.267 e. The van der Waals surface area contributed by atoms with Crippen molar-refractivity contribution in [3.05, 3.63) is 69.9 Å². The van der Waals surface area contributed by atoms with Gasteiger partial charge in [-0.3, -0.25) is 9.59 Å². The molecule has 1 atom stereocenters. The Kier molecular flexibility index (Phi) is 5.62. The summed E-state index contributed by atoms with van der Waals surface area (Å²) in [5.41, 5.74) is 3.21. The molecule has 0 unspecified atom stereocenters. The lowest BCUT2D eigenvalue weighted by molar-refractivity contribution is -0.135. The molecular weight excluding hydrogens is 423 g/mol. The highest BCUT2D eigenvalue weighted by Gasteiger charge is 2.28. The maximum Gasteiger partial charge on any atom is 0.267 e. The minimum atomic E-state index is -0.746. The molecule has 0 radical (unpaired) electrons. The second-order valence-electron chi connectivity index (χ2n) is 8.52. The predicted octanol–water partition coefficient (Wildman–Crippen LogP) is 2.24. The van der Waals surface area contributed by atoms with E-state index in [1.54, 1.807) is 30.0 Å². The highest BCUT2D eigenvalue weighted by atomic mass is 19.1. The van der Waals surface area contributed by atoms with Crippen molar-refractivity contribution in [2.24, 2.45) is 0 Å². The zero-order valence-electron chi connectivity index (χ0n) is 18.4. The minimum Gasteiger partial charge on any atom is -0.352 e. The number of benzene rings is 1. The van der Waals surface area contributed by atoms with Crippen LogP contribution < -0.4 is 10.5 Å². The van der Waals surface area contributed by atoms with Crippen LogP contribution in [0.4, 0.5) is 10.2 Å². The topological polar surface area (TPSA) is 84.2 Å². The second-order valence-corrected chi connectivity index (χ2v) is 8.52. The first-order chi connectivity index (χ1) is 16.0. The van der Waals surface area contributed by atoms with E-state index in [2.05, 4.69) is 26.3 Å². The Labute approximate surface area is 190 Å². The first kappa shape index (κ1) is 21.2. The molecule has 170 valence electrons. The number of hydrogen-bond donors (Lipinski definition) is 0. The Balaban J connectivity index is 1.28. The quantitative estimate of drug-likeness (QED) is 0.609. The number of fused-ring (bicyclic) bond motifs is 1. The number of rotatable bonds is 4. The highest BCUT2D eigenvalue weighted by molar-refractivity contribution is 5.80. The summed E-state index contributed by atoms with van der Waals surface area (Å²) in [7, 11) is 0. The van der Waals surface area contributed by atoms with E-state index in [0.29, 0.717) is 37.4 Å². The Hall–Kier alpha value is -3.62. The van der Waals surface area contributed by atoms with Gasteiger partial charge in [0.2, 0.25) is 5.91 Å². The zero-order chi connectivity index (χ0) is 22.9. The molecule has 5 rings (SSSR count). The monoisotopic (exact) mass is 448 g/mol. The molecular formula is C24H25FN6O2. The molecule has 1 aromatic carbocycles. The summed E-state index contributed by atoms with van der Waals surface area (Å²) in [6, 6.07) is 10.2. The number of nitrogens with zero attached hydrogens (tertiary/aromatic N) is 6. The van der Waals surface area contributed by atoms with E-state index in [4.69, 9.17) is 0 Å². The molecule has 0 saturated carbocycles. The summed E-state index contributed by atoms with van der Waals surface area (Å²) in [5.74, 6) is 0.363. The second kappa shape index (κ2) is 8.73. The van der Waals surface area contributed by atoms with Crippen LogP contribution >= 0.6 is 0 Å². The van der Waals surface area contributed by atoms with Gasteiger partial charge < -0.3 is 9.80 Å². The van der Waals surface area contributed by atoms with Crippen LogP contribution in [0.1, 0.15) is 30.6 Å². The number of carbonyl (C=O) groups excluding carboxylic acids is 1. The summed E-state index contributed by atoms with van der Waals surface area (Å²) >= 11 is 0. The van der Waals surface area contributed by atoms with E-state index >= 15 is 0 Å². The average Bonchev–Trinajstić information content (AvgIpc) is 3.32. The number of piperazine rings is 1. The molecule has 1 amide bonds. The van der Waals surface area contributed by atoms with Gasteiger partial charge in [-0.05, 0) is 68.1 Å². The first-order valence-corrected chi connectivity index (χ1v) is 11.2. The molecule has 2 aliphatic rings. The maximum absolute atomic E-state index is 13.2. The van der Waals surface area contributed by atoms with E-state index in [1.165, 1.54) is 28.4 Å². The first-order valence-electron chi connectivity index (χ1n) is 11.2. The number of amides is 1. The van der Waals surface area contributed by atoms with Crippen LogP contribution in [-0.4, -0.2) is 57.0 Å². The Bertz CT molecular complexity index is 1230. The highest BCUT2D eigenvalue weighted by Crippen LogP contribution is 2.24. The van der Waals surface area contributed by atoms with Gasteiger partial charge in [-0.1, -0.05) is 0 Å². The van der Waals surface area contributed by atoms with Crippen LogP contribution in [-0.2, 0) is 17.6 Å². The molecule has 1 aliphatic carbocycles. The van der Waals surface area contributed by atoms with Crippen molar-refractivity contribution in [1.29, 1.82) is 0 Å². The molecule has 0 spiro atoms. The van der Waals surface area contributed by atoms with E-state index in [1.807, 2.05) is 0 Å². The lowest BCUT2D eigenvalue weighted by atomic mass is 10.1. The molecule has 0 N–H and O–H groups in total. The third-order valence-electron chi connectivity index (χ3n) is 6.41. The van der Waals surface area contributed by atoms with E-state index in [-0.39, 0.29) is 17.3 Å². The van der Waals surface area contributed by atoms with Gasteiger partial charge in [-0.25, -0.2) is 9.07 Å². The Morgan fingerprint density at radius 2 is 1.76 bits per heavy atom. The van der Waals surface area contributed by atoms with E-state index in [9.17, 15) is 14.0 Å². The predicted molar refractivity (Wildman–Crippen MR) is 121 cm³/mol. The molecule has 0 bridgehead atoms. The fourth-order valence-electron chi connectivity index (χ4n) is 4.47. The number of aryl methyl sites for hydroxylation is 2. The van der Waals surface area contributed by atoms with Crippen LogP contribution in [0.2, 0.25) is 0 Å². The normalized spacial score (nSPS) is 16.5. The van der Waals surface area contributed by atoms with Crippen molar-refractivity contribution in [1.82, 2.24) is 24.9 Å². The van der Waals surface area contributed by atoms with Crippen molar-refractivity contribution in [2.45, 2.75) is 32.2 Å². The number of anilines is 1. The van der Waals surface area contributed by atoms with Crippen LogP contribution in [0.3, 0.4) is 0 Å². The van der Waals surface area contributed by atoms with Crippen molar-refractivity contribution >= 4 is 11.7 Å². The van der Waals surface area contributed by atoms with Gasteiger partial charge in [-0.15, -0.1) is 5.10 Å². The Morgan fingerprint density at radius 3 is 2.52 bits per heavy atom. The molecule has 1 fully saturated rings. The molecule has 33 heavy (non-hydrogen) atoms. The molecule has 8 nitrogen and oxygen atoms in total. The molecule has 9 heteroatoms. The fourth-order valence-corrected chi connectivity index (χ4v) is 4.47. The van der Waals surface area contributed by atoms with Crippen LogP contribution in [0.25, 0.3) is 11.3 Å². The number of hydrogen-bond acceptors (Lipinski definition) is 6. The lowest BCUT2D eigenvalue weighted by Gasteiger charge is -2.36. The molecule has 3 heterocycles. The molecule has 2 aromatic heterocycles. The van der Waals surface area contributed by atoms with Crippen LogP contribution in [0, 0.1) is 5.82 Å². The number of aromatic nitrogens is 4. The van der Waals surface area contributed by atoms with E-state index in [0.717, 1.165) is 30.8 Å². The SMILES string of the molecule is C[C@H](C(=O)N1CCN(c2cc3c(nn2)CCC3)CC1)n1nc(-c2ccc(F)cc2)ccc1=O. The summed E-state index contributed by atoms with van der Waals surface area (Å²) in [6.07, 6.45) is 3.18. The largest absolute Gasteiger partial charge is 0.352 e. The minimum absolute atomic E-state index is 0.152. The van der Waals surface area contributed by atoms with Crippen LogP contribution in [0.5, 0.6) is 0 Å². The third kappa shape index (κ3) is 4.22. The zero-order valence-corrected chi connectivity index (χ0v) is 18.4. The number of halogens is 1. The summed E-state index contributed by atoms with van der Waals surface area (Å²) in [6.45, 7) is 4.07. The standard InChI is InChI=1S/C24H25FN6O2/c1-16(31-23(32)10-9-21(28-31)17-5-7-19(25)8-6-17)24(33)30-13-11-29(12-14-30)22-15-18-3-2-4-20(18)26-27-22/h5-10,15-16H,2-4,11-14H2,1H3/t16-/m1/s1. The average molecular weight is 449 g/mol. The summed E-state index contributed by atoms with van der Waals surface area (Å²) in [5, 5.41) is 13.1. The van der Waals surface area contributed by atoms with Gasteiger partial charge in [0.1, 0.15) is 11.9 Å². The van der Waals surface area contributed by atoms with Gasteiger partial charge in [0.15, 0.2) is 5.82 Å². The Morgan fingerprint density at radius 1 is 1.00 bits per heavy atom. The van der Waals surface area contributed by atoms with E-state index < -0.39 is 6.04 Å². The number of carbonyl (C=O) groups is 1. The third-order valence-corrected chi connectivity index (χ3v) is 6.41. The summed E-state index contributed by atoms with van der Waals surface area (Å²) < 4.78 is 14.5. The lowest BCUT2D eigenvalue weighted by Crippen LogP contribution is -2.51. The van der Waals surface area contributed by atoms with Crippen LogP contribution in [0.15, 0.2) is 47.3 Å². The van der Waals surface area contributed by atoms with Gasteiger partial charge >= 0.3 is 0 Å². The maximum atomic E-state index is 13.2. The van der Waals surface area contributed by atoms with Crippen molar-refractivity contribution in [2.75, 3.05) is 31.1 Å². The van der Waals surface area contributed by atoms with Gasteiger partial charge in [0.25, 0.3) is 5.56 Å². The van der Waals surface area contributed by atoms with Gasteiger partial charge in [-0.2, -0.15) is 10.2 Å². The summed E-state index contributed by atoms with van der Waals surface area (Å²) in [4.78, 5) is 29.5. The van der Waals surface area contributed by atoms with Gasteiger partial charge in [0, 0.05) is 37.8 Å². The van der Waals surface area contributed by atoms with Gasteiger partial charge in [0.05, 0.1) is 11.4 Å². The molecule has 1 aliphatic heterocycles. The molecule has 3 aromatic rings. The van der Waals surface area contributed by atoms with Crippen molar-refractivity contribution in [3.63, 3.8) is 0 Å². The molecule has 1 saturated heterocycles. The van der Waals surface area contributed by atoms with Crippen molar-refractivity contribution in [3.8, 4) is 11.3 Å². The fraction of sp³-hybridized carbons (Fsp3) is 0.375.